The van der Waals surface area contributed by atoms with E-state index in [0.717, 1.165) is 58.0 Å². The number of rotatable bonds is 10. The molecule has 0 saturated heterocycles. The molecule has 0 aromatic heterocycles. The van der Waals surface area contributed by atoms with Crippen LogP contribution in [0.5, 0.6) is 11.5 Å². The third-order valence-electron chi connectivity index (χ3n) is 6.39. The summed E-state index contributed by atoms with van der Waals surface area (Å²) < 4.78 is 11.3. The number of carbonyl (C=O) groups is 2. The number of hydrogen-bond donors (Lipinski definition) is 1. The van der Waals surface area contributed by atoms with E-state index in [1.54, 1.807) is 24.3 Å². The molecule has 0 bridgehead atoms. The lowest BCUT2D eigenvalue weighted by Crippen LogP contribution is -2.05. The van der Waals surface area contributed by atoms with Gasteiger partial charge >= 0.3 is 5.97 Å². The molecule has 4 aromatic rings. The lowest BCUT2D eigenvalue weighted by molar-refractivity contribution is -0.120. The van der Waals surface area contributed by atoms with Crippen LogP contribution in [0.2, 0.25) is 0 Å². The van der Waals surface area contributed by atoms with Crippen molar-refractivity contribution < 1.29 is 24.2 Å². The van der Waals surface area contributed by atoms with Crippen LogP contribution in [0.25, 0.3) is 44.2 Å². The van der Waals surface area contributed by atoms with Gasteiger partial charge in [0.2, 0.25) is 0 Å². The normalized spacial score (nSPS) is 11.2. The fourth-order valence-electron chi connectivity index (χ4n) is 4.78. The molecule has 0 amide bonds. The number of ether oxygens (including phenoxy) is 2. The van der Waals surface area contributed by atoms with Gasteiger partial charge in [-0.15, -0.1) is 6.58 Å². The highest BCUT2D eigenvalue weighted by Crippen LogP contribution is 2.55. The summed E-state index contributed by atoms with van der Waals surface area (Å²) in [5.41, 5.74) is 6.03. The second-order valence-corrected chi connectivity index (χ2v) is 8.43. The first-order valence-electron chi connectivity index (χ1n) is 11.5. The zero-order valence-electron chi connectivity index (χ0n) is 19.1. The highest BCUT2D eigenvalue weighted by molar-refractivity contribution is 6.16. The molecular weight excluding hydrogens is 440 g/mol. The first-order chi connectivity index (χ1) is 17.1. The van der Waals surface area contributed by atoms with Crippen molar-refractivity contribution in [1.82, 2.24) is 0 Å². The van der Waals surface area contributed by atoms with E-state index in [0.29, 0.717) is 30.0 Å². The van der Waals surface area contributed by atoms with Crippen molar-refractivity contribution in [3.05, 3.63) is 84.9 Å². The monoisotopic (exact) mass is 464 g/mol. The van der Waals surface area contributed by atoms with Gasteiger partial charge in [-0.2, -0.15) is 0 Å². The quantitative estimate of drug-likeness (QED) is 0.135. The van der Waals surface area contributed by atoms with Gasteiger partial charge in [0, 0.05) is 16.5 Å². The van der Waals surface area contributed by atoms with E-state index in [1.165, 1.54) is 0 Å². The largest absolute Gasteiger partial charge is 0.494 e. The smallest absolute Gasteiger partial charge is 0.336 e. The van der Waals surface area contributed by atoms with Crippen molar-refractivity contribution in [2.24, 2.45) is 0 Å². The number of carboxylic acids is 1. The van der Waals surface area contributed by atoms with E-state index in [4.69, 9.17) is 9.47 Å². The van der Waals surface area contributed by atoms with Gasteiger partial charge in [-0.25, -0.2) is 4.79 Å². The summed E-state index contributed by atoms with van der Waals surface area (Å²) >= 11 is 0. The van der Waals surface area contributed by atoms with E-state index in [9.17, 15) is 14.7 Å². The molecule has 0 atom stereocenters. The molecule has 1 aliphatic carbocycles. The summed E-state index contributed by atoms with van der Waals surface area (Å²) in [5.74, 6) is 0.0344. The number of aromatic carboxylic acids is 1. The number of unbranched alkanes of at least 4 members (excludes halogenated alkanes) is 2. The predicted molar refractivity (Wildman–Crippen MR) is 137 cm³/mol. The Balaban J connectivity index is 1.65. The first-order valence-corrected chi connectivity index (χ1v) is 11.5. The molecule has 0 spiro atoms. The summed E-state index contributed by atoms with van der Waals surface area (Å²) in [6.45, 7) is 4.69. The second kappa shape index (κ2) is 9.47. The van der Waals surface area contributed by atoms with Crippen LogP contribution in [0.1, 0.15) is 29.6 Å². The molecule has 5 rings (SSSR count). The molecule has 5 nitrogen and oxygen atoms in total. The molecule has 5 heteroatoms. The topological polar surface area (TPSA) is 72.8 Å². The van der Waals surface area contributed by atoms with Gasteiger partial charge < -0.3 is 14.6 Å². The summed E-state index contributed by atoms with van der Waals surface area (Å²) in [5, 5.41) is 11.2. The van der Waals surface area contributed by atoms with Gasteiger partial charge in [0.15, 0.2) is 0 Å². The van der Waals surface area contributed by atoms with Crippen molar-refractivity contribution in [3.8, 4) is 44.9 Å². The van der Waals surface area contributed by atoms with Crippen molar-refractivity contribution in [3.63, 3.8) is 0 Å². The molecule has 0 radical (unpaired) electrons. The summed E-state index contributed by atoms with van der Waals surface area (Å²) in [6.07, 6.45) is 4.69. The van der Waals surface area contributed by atoms with Gasteiger partial charge in [-0.1, -0.05) is 42.5 Å². The minimum absolute atomic E-state index is 0.189. The molecule has 0 heterocycles. The number of carboxylic acid groups (broad SMARTS) is 1. The van der Waals surface area contributed by atoms with E-state index < -0.39 is 5.97 Å². The summed E-state index contributed by atoms with van der Waals surface area (Å²) in [4.78, 5) is 23.4. The van der Waals surface area contributed by atoms with Crippen LogP contribution in [-0.2, 0) is 4.79 Å². The maximum Gasteiger partial charge on any atom is 0.336 e. The van der Waals surface area contributed by atoms with E-state index in [1.807, 2.05) is 42.5 Å². The van der Waals surface area contributed by atoms with Crippen LogP contribution in [-0.4, -0.2) is 24.2 Å². The average molecular weight is 465 g/mol. The number of fused-ring (bicyclic) bond motifs is 5. The van der Waals surface area contributed by atoms with E-state index in [2.05, 4.69) is 12.6 Å². The Morgan fingerprint density at radius 1 is 0.857 bits per heavy atom. The van der Waals surface area contributed by atoms with Crippen molar-refractivity contribution >= 4 is 23.2 Å². The summed E-state index contributed by atoms with van der Waals surface area (Å²) in [6, 6.07) is 20.7. The average Bonchev–Trinajstić information content (AvgIpc) is 2.86. The zero-order chi connectivity index (χ0) is 24.4. The Labute approximate surface area is 203 Å². The molecule has 1 N–H and O–H groups in total. The highest BCUT2D eigenvalue weighted by atomic mass is 16.5. The van der Waals surface area contributed by atoms with Crippen LogP contribution in [0, 0.1) is 0 Å². The maximum atomic E-state index is 12.1. The molecule has 0 saturated carbocycles. The second-order valence-electron chi connectivity index (χ2n) is 8.43. The Hall–Kier alpha value is -4.38. The first kappa shape index (κ1) is 22.4. The molecule has 174 valence electrons. The maximum absolute atomic E-state index is 12.1. The molecule has 0 unspecified atom stereocenters. The number of carbonyl (C=O) groups excluding carboxylic acids is 1. The molecule has 0 fully saturated rings. The van der Waals surface area contributed by atoms with Crippen LogP contribution in [0.3, 0.4) is 0 Å². The highest BCUT2D eigenvalue weighted by Gasteiger charge is 2.29. The standard InChI is InChI=1S/C30H24O5/c1-2-3-4-7-16-34-19-10-11-21-24(12-13-25(30(32)33)26(21)17-19)29-27(35-18-31)15-14-23-20-8-5-6-9-22(20)28(23)29/h2,5-6,8-15,17-18H,1,3-4,7,16H2,(H,32,33). The van der Waals surface area contributed by atoms with Gasteiger partial charge in [0.05, 0.1) is 12.2 Å². The minimum atomic E-state index is -1.01. The number of allylic oxidation sites excluding steroid dienone is 1. The van der Waals surface area contributed by atoms with Crippen LogP contribution in [0.15, 0.2) is 79.4 Å². The Morgan fingerprint density at radius 3 is 2.43 bits per heavy atom. The fraction of sp³-hybridized carbons (Fsp3) is 0.133. The third kappa shape index (κ3) is 3.95. The number of benzene rings is 4. The lowest BCUT2D eigenvalue weighted by atomic mass is 9.75. The van der Waals surface area contributed by atoms with Crippen LogP contribution < -0.4 is 9.47 Å². The van der Waals surface area contributed by atoms with Crippen molar-refractivity contribution in [2.75, 3.05) is 6.61 Å². The van der Waals surface area contributed by atoms with E-state index >= 15 is 0 Å². The van der Waals surface area contributed by atoms with Crippen LogP contribution in [0.4, 0.5) is 0 Å². The SMILES string of the molecule is C=CCCCCOc1ccc2c(-c3c(OC=O)ccc4c3-c3ccccc3-4)ccc(C(=O)O)c2c1. The minimum Gasteiger partial charge on any atom is -0.494 e. The van der Waals surface area contributed by atoms with Gasteiger partial charge in [-0.3, -0.25) is 4.79 Å². The number of hydrogen-bond acceptors (Lipinski definition) is 4. The van der Waals surface area contributed by atoms with E-state index in [-0.39, 0.29) is 5.56 Å². The molecular formula is C30H24O5. The third-order valence-corrected chi connectivity index (χ3v) is 6.39. The molecule has 4 aromatic carbocycles. The summed E-state index contributed by atoms with van der Waals surface area (Å²) in [7, 11) is 0. The Kier molecular flexibility index (Phi) is 6.06. The molecule has 0 aliphatic heterocycles. The van der Waals surface area contributed by atoms with Gasteiger partial charge in [0.1, 0.15) is 11.5 Å². The molecule has 1 aliphatic rings. The lowest BCUT2D eigenvalue weighted by Gasteiger charge is -2.28. The van der Waals surface area contributed by atoms with Crippen molar-refractivity contribution in [1.29, 1.82) is 0 Å². The fourth-order valence-corrected chi connectivity index (χ4v) is 4.78. The Morgan fingerprint density at radius 2 is 1.66 bits per heavy atom. The van der Waals surface area contributed by atoms with Crippen molar-refractivity contribution in [2.45, 2.75) is 19.3 Å². The predicted octanol–water partition coefficient (Wildman–Crippen LogP) is 7.12. The van der Waals surface area contributed by atoms with Gasteiger partial charge in [-0.05, 0) is 77.2 Å². The zero-order valence-corrected chi connectivity index (χ0v) is 19.1. The van der Waals surface area contributed by atoms with Gasteiger partial charge in [0.25, 0.3) is 6.47 Å². The Bertz CT molecular complexity index is 1470. The van der Waals surface area contributed by atoms with Crippen LogP contribution >= 0.6 is 0 Å². The molecule has 35 heavy (non-hydrogen) atoms.